The molecule has 2 N–H and O–H groups in total. The molecule has 0 unspecified atom stereocenters. The van der Waals surface area contributed by atoms with Gasteiger partial charge in [0.15, 0.2) is 23.3 Å². The molecule has 2 aliphatic heterocycles. The van der Waals surface area contributed by atoms with Crippen molar-refractivity contribution >= 4 is 44.1 Å². The Labute approximate surface area is 739 Å². The predicted molar refractivity (Wildman–Crippen MR) is 526 cm³/mol. The number of H-pyrrole nitrogens is 2. The Balaban J connectivity index is 1.29. The van der Waals surface area contributed by atoms with Gasteiger partial charge in [-0.15, -0.1) is 0 Å². The van der Waals surface area contributed by atoms with Gasteiger partial charge < -0.3 is 19.4 Å². The van der Waals surface area contributed by atoms with E-state index in [0.717, 1.165) is 192 Å². The summed E-state index contributed by atoms with van der Waals surface area (Å²) in [6.45, 7) is 19.5. The summed E-state index contributed by atoms with van der Waals surface area (Å²) in [6.07, 6.45) is 69.7. The Morgan fingerprint density at radius 3 is 0.639 bits per heavy atom. The van der Waals surface area contributed by atoms with Gasteiger partial charge in [-0.3, -0.25) is 0 Å². The summed E-state index contributed by atoms with van der Waals surface area (Å²) in [5, 5.41) is 4.08. The Kier molecular flexibility index (Phi) is 42.2. The first-order valence-electron chi connectivity index (χ1n) is 51.3. The Bertz CT molecular complexity index is 4410. The largest absolute Gasteiger partial charge is 0.492 e. The zero-order chi connectivity index (χ0) is 85.0. The molecule has 0 saturated heterocycles. The molecule has 662 valence electrons. The van der Waals surface area contributed by atoms with Crippen molar-refractivity contribution in [2.45, 2.75) is 428 Å². The average Bonchev–Trinajstić information content (AvgIpc) is 1.52. The fourth-order valence-electron chi connectivity index (χ4n) is 19.4. The van der Waals surface area contributed by atoms with E-state index in [0.29, 0.717) is 36.2 Å². The van der Waals surface area contributed by atoms with Crippen molar-refractivity contribution in [2.24, 2.45) is 0 Å². The molecule has 2 aliphatic rings. The van der Waals surface area contributed by atoms with E-state index in [1.807, 2.05) is 0 Å². The lowest BCUT2D eigenvalue weighted by atomic mass is 9.89. The van der Waals surface area contributed by atoms with Crippen LogP contribution in [0.15, 0.2) is 97.1 Å². The molecular weight excluding hydrogens is 1490 g/mol. The molecule has 0 radical (unpaired) electrons. The monoisotopic (exact) mass is 1650 g/mol. The summed E-state index contributed by atoms with van der Waals surface area (Å²) in [5.41, 5.74) is 19.4. The molecule has 9 aromatic rings. The molecule has 0 atom stereocenters. The highest BCUT2D eigenvalue weighted by atomic mass is 16.5. The van der Waals surface area contributed by atoms with Crippen LogP contribution in [0.1, 0.15) is 423 Å². The molecular formula is C112H162N8O2. The molecule has 5 heterocycles. The number of rotatable bonds is 64. The first kappa shape index (κ1) is 94.9. The number of unbranched alkanes of at least 4 members (excludes halogenated alkanes) is 44. The molecule has 0 amide bonds. The zero-order valence-electron chi connectivity index (χ0n) is 78.2. The summed E-state index contributed by atoms with van der Waals surface area (Å²) >= 11 is 0. The fraction of sp³-hybridized carbons (Fsp3) is 0.607. The Morgan fingerprint density at radius 2 is 0.402 bits per heavy atom. The topological polar surface area (TPSA) is 127 Å². The molecule has 122 heavy (non-hydrogen) atoms. The number of ether oxygens (including phenoxy) is 2. The van der Waals surface area contributed by atoms with Crippen molar-refractivity contribution in [1.82, 2.24) is 39.9 Å². The van der Waals surface area contributed by atoms with E-state index in [1.54, 1.807) is 0 Å². The molecule has 11 rings (SSSR count). The van der Waals surface area contributed by atoms with Crippen LogP contribution in [0.25, 0.3) is 112 Å². The van der Waals surface area contributed by atoms with E-state index < -0.39 is 0 Å². The van der Waals surface area contributed by atoms with E-state index in [-0.39, 0.29) is 0 Å². The number of nitrogens with zero attached hydrogens (tertiary/aromatic N) is 6. The minimum atomic E-state index is 0.510. The standard InChI is InChI=1S/C112H162N8O2/c1-9-17-25-31-37-43-49-57-71-87-77-78-88(72-58-50-44-38-32-26-18-10-2)96-95(87)105-113-106(96)115-108-98-90(74-60-52-46-40-34-28-20-12-4)80-82-92(76-62-54-48-42-36-30-22-14-6)100(98)110(117-108)119-112-102-101(103(121-83-23-15-7)93(85-67-63-55-64-68-85)94(86-69-65-56-66-70-86)104(102)122-84-24-16-8)111(120-112)118-109-99-91(75-61-53-47-41-35-29-21-13-5)81-79-89(97(99)107(114-105)116-109)73-59-51-45-39-33-27-19-11-3/h55-56,63-70,77-82H,9-54,57-62,71-76,83-84H2,1-8H3,(H2,113,114,115,116,117,118,119,120). The lowest BCUT2D eigenvalue weighted by Crippen LogP contribution is -2.04. The lowest BCUT2D eigenvalue weighted by Gasteiger charge is -2.22. The Hall–Kier alpha value is -7.72. The van der Waals surface area contributed by atoms with E-state index >= 15 is 0 Å². The third kappa shape index (κ3) is 27.4. The number of hydrogen-bond acceptors (Lipinski definition) is 8. The number of hydrogen-bond donors (Lipinski definition) is 2. The smallest absolute Gasteiger partial charge is 0.165 e. The van der Waals surface area contributed by atoms with Crippen LogP contribution in [-0.2, 0) is 38.5 Å². The van der Waals surface area contributed by atoms with Crippen LogP contribution in [0, 0.1) is 0 Å². The van der Waals surface area contributed by atoms with Gasteiger partial charge in [0.1, 0.15) is 34.1 Å². The van der Waals surface area contributed by atoms with Crippen LogP contribution in [0.5, 0.6) is 11.5 Å². The molecule has 0 spiro atoms. The van der Waals surface area contributed by atoms with Crippen LogP contribution in [0.3, 0.4) is 0 Å². The van der Waals surface area contributed by atoms with Gasteiger partial charge in [-0.05, 0) is 134 Å². The van der Waals surface area contributed by atoms with Crippen LogP contribution >= 0.6 is 0 Å². The molecule has 6 aromatic carbocycles. The highest BCUT2D eigenvalue weighted by Crippen LogP contribution is 2.54. The highest BCUT2D eigenvalue weighted by Gasteiger charge is 2.33. The second-order valence-corrected chi connectivity index (χ2v) is 36.7. The van der Waals surface area contributed by atoms with Crippen molar-refractivity contribution in [3.63, 3.8) is 0 Å². The number of aromatic amines is 2. The van der Waals surface area contributed by atoms with Gasteiger partial charge >= 0.3 is 0 Å². The molecule has 8 bridgehead atoms. The maximum absolute atomic E-state index is 7.65. The fourth-order valence-corrected chi connectivity index (χ4v) is 19.4. The molecule has 3 aromatic heterocycles. The minimum Gasteiger partial charge on any atom is -0.492 e. The highest BCUT2D eigenvalue weighted by molar-refractivity contribution is 6.19. The molecule has 10 nitrogen and oxygen atoms in total. The maximum Gasteiger partial charge on any atom is 0.165 e. The van der Waals surface area contributed by atoms with Crippen LogP contribution in [0.2, 0.25) is 0 Å². The summed E-state index contributed by atoms with van der Waals surface area (Å²) in [4.78, 5) is 45.5. The van der Waals surface area contributed by atoms with Gasteiger partial charge in [-0.25, -0.2) is 29.9 Å². The second-order valence-electron chi connectivity index (χ2n) is 36.7. The molecule has 10 heteroatoms. The second kappa shape index (κ2) is 54.2. The number of fused-ring (bicyclic) bond motifs is 20. The third-order valence-corrected chi connectivity index (χ3v) is 26.6. The van der Waals surface area contributed by atoms with Crippen molar-refractivity contribution in [3.05, 3.63) is 130 Å². The van der Waals surface area contributed by atoms with E-state index in [1.165, 1.54) is 314 Å². The van der Waals surface area contributed by atoms with Crippen molar-refractivity contribution in [1.29, 1.82) is 0 Å². The van der Waals surface area contributed by atoms with Gasteiger partial charge in [0.2, 0.25) is 0 Å². The number of aromatic nitrogens is 8. The molecule has 0 aliphatic carbocycles. The summed E-state index contributed by atoms with van der Waals surface area (Å²) in [6, 6.07) is 36.8. The summed E-state index contributed by atoms with van der Waals surface area (Å²) in [5.74, 6) is 4.36. The van der Waals surface area contributed by atoms with Gasteiger partial charge in [-0.2, -0.15) is 0 Å². The normalized spacial score (nSPS) is 11.9. The first-order valence-corrected chi connectivity index (χ1v) is 51.3. The first-order chi connectivity index (χ1) is 60.4. The minimum absolute atomic E-state index is 0.510. The quantitative estimate of drug-likeness (QED) is 0.0361. The third-order valence-electron chi connectivity index (χ3n) is 26.6. The Morgan fingerprint density at radius 1 is 0.197 bits per heavy atom. The van der Waals surface area contributed by atoms with Gasteiger partial charge in [0, 0.05) is 44.2 Å². The van der Waals surface area contributed by atoms with Gasteiger partial charge in [-0.1, -0.05) is 435 Å². The number of benzene rings is 6. The van der Waals surface area contributed by atoms with Crippen LogP contribution in [0.4, 0.5) is 0 Å². The predicted octanol–water partition coefficient (Wildman–Crippen LogP) is 34.7. The average molecular weight is 1650 g/mol. The van der Waals surface area contributed by atoms with Gasteiger partial charge in [0.25, 0.3) is 0 Å². The summed E-state index contributed by atoms with van der Waals surface area (Å²) < 4.78 is 15.3. The molecule has 0 saturated carbocycles. The summed E-state index contributed by atoms with van der Waals surface area (Å²) in [7, 11) is 0. The maximum atomic E-state index is 7.65. The van der Waals surface area contributed by atoms with Crippen LogP contribution < -0.4 is 9.47 Å². The van der Waals surface area contributed by atoms with Crippen molar-refractivity contribution < 1.29 is 9.47 Å². The lowest BCUT2D eigenvalue weighted by molar-refractivity contribution is 0.308. The number of aryl methyl sites for hydroxylation is 6. The van der Waals surface area contributed by atoms with E-state index in [2.05, 4.69) is 162 Å². The van der Waals surface area contributed by atoms with Gasteiger partial charge in [0.05, 0.1) is 24.0 Å². The van der Waals surface area contributed by atoms with E-state index in [4.69, 9.17) is 39.4 Å². The van der Waals surface area contributed by atoms with Crippen molar-refractivity contribution in [2.75, 3.05) is 13.2 Å². The van der Waals surface area contributed by atoms with Crippen LogP contribution in [-0.4, -0.2) is 53.1 Å². The zero-order valence-corrected chi connectivity index (χ0v) is 78.2. The van der Waals surface area contributed by atoms with E-state index in [9.17, 15) is 0 Å². The molecule has 0 fully saturated rings. The number of nitrogens with one attached hydrogen (secondary N) is 2. The van der Waals surface area contributed by atoms with Crippen molar-refractivity contribution in [3.8, 4) is 79.3 Å². The SMILES string of the molecule is CCCCCCCCCCc1ccc(CCCCCCCCCC)c2c1-c1nc-2nc2[nH]c(nc3nc(nc4[nH]c(n1)c1c(CCCCCCCCCC)ccc(CCCCCCCCCC)c41)-c1c(CCCCCCCCCC)ccc(CCCCCCCCCC)c1-3)c1c(OCCCC)c(-c3ccccc3)c(-c3ccccc3)c(OCCCC)c21.